The summed E-state index contributed by atoms with van der Waals surface area (Å²) in [7, 11) is -1.44. The van der Waals surface area contributed by atoms with Crippen LogP contribution in [0, 0.1) is 17.8 Å². The Kier molecular flexibility index (Phi) is 3.77. The molecule has 0 radical (unpaired) electrons. The molecule has 0 spiro atoms. The van der Waals surface area contributed by atoms with Crippen molar-refractivity contribution in [3.05, 3.63) is 23.3 Å². The highest BCUT2D eigenvalue weighted by atomic mass is 28.3. The average Bonchev–Trinajstić information content (AvgIpc) is 2.83. The van der Waals surface area contributed by atoms with E-state index in [-0.39, 0.29) is 5.54 Å². The summed E-state index contributed by atoms with van der Waals surface area (Å²) in [6.45, 7) is 14.6. The fraction of sp³-hybridized carbons (Fsp3) is 0.789. The quantitative estimate of drug-likeness (QED) is 0.685. The van der Waals surface area contributed by atoms with Gasteiger partial charge in [0.1, 0.15) is 8.24 Å². The summed E-state index contributed by atoms with van der Waals surface area (Å²) in [4.78, 5) is 4.05. The molecule has 0 saturated heterocycles. The summed E-state index contributed by atoms with van der Waals surface area (Å²) in [6, 6.07) is 0. The highest BCUT2D eigenvalue weighted by Crippen LogP contribution is 2.55. The van der Waals surface area contributed by atoms with Crippen molar-refractivity contribution in [2.75, 3.05) is 0 Å². The van der Waals surface area contributed by atoms with Crippen molar-refractivity contribution in [2.24, 2.45) is 17.8 Å². The van der Waals surface area contributed by atoms with Crippen LogP contribution in [0.2, 0.25) is 18.6 Å². The number of hydrogen-bond donors (Lipinski definition) is 1. The van der Waals surface area contributed by atoms with Gasteiger partial charge >= 0.3 is 0 Å². The summed E-state index contributed by atoms with van der Waals surface area (Å²) < 4.78 is 0. The Morgan fingerprint density at radius 1 is 1.10 bits per heavy atom. The van der Waals surface area contributed by atoms with Crippen LogP contribution >= 0.6 is 0 Å². The van der Waals surface area contributed by atoms with Gasteiger partial charge in [0.15, 0.2) is 0 Å². The first kappa shape index (κ1) is 15.5. The second-order valence-corrected chi connectivity index (χ2v) is 13.7. The maximum absolute atomic E-state index is 4.05. The van der Waals surface area contributed by atoms with Crippen molar-refractivity contribution >= 4 is 8.24 Å². The van der Waals surface area contributed by atoms with Crippen molar-refractivity contribution in [1.82, 2.24) is 4.98 Å². The van der Waals surface area contributed by atoms with Crippen LogP contribution in [0.1, 0.15) is 53.4 Å². The second kappa shape index (κ2) is 5.09. The lowest BCUT2D eigenvalue weighted by molar-refractivity contribution is 0.474. The molecule has 0 aromatic carbocycles. The van der Waals surface area contributed by atoms with Crippen LogP contribution in [0.4, 0.5) is 0 Å². The Morgan fingerprint density at radius 3 is 2.33 bits per heavy atom. The van der Waals surface area contributed by atoms with E-state index in [1.165, 1.54) is 25.7 Å². The zero-order valence-corrected chi connectivity index (χ0v) is 15.8. The topological polar surface area (TPSA) is 12.0 Å². The molecule has 0 amide bonds. The fourth-order valence-corrected chi connectivity index (χ4v) is 10.7. The molecule has 21 heavy (non-hydrogen) atoms. The highest BCUT2D eigenvalue weighted by molar-refractivity contribution is 6.76. The van der Waals surface area contributed by atoms with Crippen LogP contribution in [0.3, 0.4) is 0 Å². The minimum Gasteiger partial charge on any atom is -0.332 e. The normalized spacial score (nSPS) is 36.1. The van der Waals surface area contributed by atoms with Crippen LogP contribution in [-0.2, 0) is 0 Å². The summed E-state index contributed by atoms with van der Waals surface area (Å²) in [6.07, 6.45) is 10.9. The Bertz CT molecular complexity index is 480. The zero-order chi connectivity index (χ0) is 15.4. The summed E-state index contributed by atoms with van der Waals surface area (Å²) >= 11 is 0. The lowest BCUT2D eigenvalue weighted by Gasteiger charge is -2.42. The summed E-state index contributed by atoms with van der Waals surface area (Å²) in [5.74, 6) is 2.51. The van der Waals surface area contributed by atoms with E-state index in [0.29, 0.717) is 0 Å². The van der Waals surface area contributed by atoms with Gasteiger partial charge in [-0.25, -0.2) is 0 Å². The predicted octanol–water partition coefficient (Wildman–Crippen LogP) is 5.27. The Hall–Kier alpha value is -0.343. The minimum atomic E-state index is -1.44. The van der Waals surface area contributed by atoms with Crippen molar-refractivity contribution in [1.29, 1.82) is 0 Å². The molecule has 118 valence electrons. The predicted molar refractivity (Wildman–Crippen MR) is 94.9 cm³/mol. The minimum absolute atomic E-state index is 0.240. The molecule has 4 unspecified atom stereocenters. The van der Waals surface area contributed by atoms with Gasteiger partial charge in [-0.05, 0) is 80.9 Å². The van der Waals surface area contributed by atoms with Gasteiger partial charge in [0.25, 0.3) is 0 Å². The molecule has 1 nitrogen and oxygen atoms in total. The molecule has 2 saturated carbocycles. The van der Waals surface area contributed by atoms with Crippen LogP contribution in [0.5, 0.6) is 0 Å². The number of nitrogens with one attached hydrogen (secondary N) is 1. The molecule has 3 rings (SSSR count). The molecule has 1 N–H and O–H groups in total. The molecule has 0 aliphatic heterocycles. The molecule has 0 bridgehead atoms. The van der Waals surface area contributed by atoms with E-state index in [1.54, 1.807) is 11.1 Å². The molecule has 2 heteroatoms. The molecule has 4 atom stereocenters. The number of hydrogen-bond acceptors (Lipinski definition) is 1. The smallest absolute Gasteiger partial charge is 0.123 e. The van der Waals surface area contributed by atoms with E-state index in [4.69, 9.17) is 0 Å². The van der Waals surface area contributed by atoms with Gasteiger partial charge in [-0.1, -0.05) is 32.2 Å². The summed E-state index contributed by atoms with van der Waals surface area (Å²) in [5, 5.41) is 0. The molecule has 0 aromatic rings. The third kappa shape index (κ3) is 2.94. The van der Waals surface area contributed by atoms with E-state index in [0.717, 1.165) is 23.3 Å². The SMILES string of the molecule is CC1CC2C=C3CCCC3=CC2C1[Si](C)(C)NC(C)(C)C. The monoisotopic (exact) mass is 303 g/mol. The molecular weight excluding hydrogens is 270 g/mol. The molecular formula is C19H33NSi. The van der Waals surface area contributed by atoms with Crippen LogP contribution in [0.25, 0.3) is 0 Å². The van der Waals surface area contributed by atoms with Crippen LogP contribution < -0.4 is 4.98 Å². The molecule has 2 fully saturated rings. The van der Waals surface area contributed by atoms with E-state index < -0.39 is 8.24 Å². The first-order chi connectivity index (χ1) is 9.67. The highest BCUT2D eigenvalue weighted by Gasteiger charge is 2.50. The summed E-state index contributed by atoms with van der Waals surface area (Å²) in [5.41, 5.74) is 4.53. The standard InChI is InChI=1S/C19H33NSi/c1-13-10-16-11-14-8-7-9-15(14)12-17(16)18(13)21(5,6)20-19(2,3)4/h11-13,16-18,20H,7-10H2,1-6H3. The fourth-order valence-electron chi connectivity index (χ4n) is 5.69. The van der Waals surface area contributed by atoms with Crippen molar-refractivity contribution in [3.8, 4) is 0 Å². The molecule has 0 aromatic heterocycles. The third-order valence-electron chi connectivity index (χ3n) is 5.81. The Morgan fingerprint density at radius 2 is 1.71 bits per heavy atom. The maximum Gasteiger partial charge on any atom is 0.123 e. The van der Waals surface area contributed by atoms with Gasteiger partial charge in [0.2, 0.25) is 0 Å². The van der Waals surface area contributed by atoms with Gasteiger partial charge in [-0.15, -0.1) is 0 Å². The Labute approximate surface area is 132 Å². The van der Waals surface area contributed by atoms with Gasteiger partial charge in [-0.3, -0.25) is 0 Å². The van der Waals surface area contributed by atoms with Crippen molar-refractivity contribution < 1.29 is 0 Å². The van der Waals surface area contributed by atoms with Gasteiger partial charge in [0.05, 0.1) is 0 Å². The first-order valence-corrected chi connectivity index (χ1v) is 12.0. The zero-order valence-electron chi connectivity index (χ0n) is 14.8. The van der Waals surface area contributed by atoms with Crippen LogP contribution in [-0.4, -0.2) is 13.8 Å². The van der Waals surface area contributed by atoms with E-state index >= 15 is 0 Å². The van der Waals surface area contributed by atoms with Gasteiger partial charge in [-0.2, -0.15) is 0 Å². The first-order valence-electron chi connectivity index (χ1n) is 8.88. The number of fused-ring (bicyclic) bond motifs is 2. The van der Waals surface area contributed by atoms with Gasteiger partial charge < -0.3 is 4.98 Å². The largest absolute Gasteiger partial charge is 0.332 e. The lowest BCUT2D eigenvalue weighted by atomic mass is 9.85. The molecule has 3 aliphatic rings. The lowest BCUT2D eigenvalue weighted by Crippen LogP contribution is -2.58. The average molecular weight is 304 g/mol. The second-order valence-electron chi connectivity index (χ2n) is 9.31. The van der Waals surface area contributed by atoms with E-state index in [9.17, 15) is 0 Å². The van der Waals surface area contributed by atoms with Crippen molar-refractivity contribution in [2.45, 2.75) is 77.6 Å². The third-order valence-corrected chi connectivity index (χ3v) is 9.83. The van der Waals surface area contributed by atoms with Gasteiger partial charge in [0, 0.05) is 5.54 Å². The number of allylic oxidation sites excluding steroid dienone is 4. The van der Waals surface area contributed by atoms with Crippen molar-refractivity contribution in [3.63, 3.8) is 0 Å². The van der Waals surface area contributed by atoms with Crippen LogP contribution in [0.15, 0.2) is 23.3 Å². The van der Waals surface area contributed by atoms with E-state index in [2.05, 4.69) is 57.9 Å². The molecule has 0 heterocycles. The molecule has 3 aliphatic carbocycles. The number of rotatable bonds is 2. The Balaban J connectivity index is 1.88. The van der Waals surface area contributed by atoms with E-state index in [1.807, 2.05) is 0 Å². The maximum atomic E-state index is 4.05.